The third-order valence-corrected chi connectivity index (χ3v) is 4.72. The van der Waals surface area contributed by atoms with Gasteiger partial charge in [-0.05, 0) is 32.1 Å². The second kappa shape index (κ2) is 3.55. The molecule has 2 heterocycles. The van der Waals surface area contributed by atoms with Gasteiger partial charge in [-0.25, -0.2) is 0 Å². The lowest BCUT2D eigenvalue weighted by Gasteiger charge is -2.35. The first-order valence-electron chi connectivity index (χ1n) is 5.03. The quantitative estimate of drug-likeness (QED) is 0.683. The monoisotopic (exact) mass is 196 g/mol. The Balaban J connectivity index is 1.96. The average molecular weight is 196 g/mol. The van der Waals surface area contributed by atoms with E-state index < -0.39 is 5.60 Å². The molecule has 0 aliphatic carbocycles. The van der Waals surface area contributed by atoms with Crippen molar-refractivity contribution in [3.63, 3.8) is 0 Å². The summed E-state index contributed by atoms with van der Waals surface area (Å²) in [5.74, 6) is 2.62. The van der Waals surface area contributed by atoms with Gasteiger partial charge >= 0.3 is 0 Å². The van der Waals surface area contributed by atoms with Crippen molar-refractivity contribution < 1.29 is 5.11 Å². The van der Waals surface area contributed by atoms with Crippen molar-refractivity contribution in [3.8, 4) is 12.3 Å². The van der Waals surface area contributed by atoms with Crippen LogP contribution in [0.25, 0.3) is 0 Å². The zero-order valence-electron chi connectivity index (χ0n) is 7.83. The van der Waals surface area contributed by atoms with E-state index in [-0.39, 0.29) is 0 Å². The minimum absolute atomic E-state index is 0.427. The Kier molecular flexibility index (Phi) is 2.58. The molecule has 1 nitrogen and oxygen atoms in total. The van der Waals surface area contributed by atoms with Crippen LogP contribution in [0.15, 0.2) is 0 Å². The van der Waals surface area contributed by atoms with Crippen LogP contribution in [0.3, 0.4) is 0 Å². The third kappa shape index (κ3) is 2.03. The van der Waals surface area contributed by atoms with E-state index >= 15 is 0 Å². The largest absolute Gasteiger partial charge is 0.390 e. The standard InChI is InChI=1S/C11H16OS/c1-2-3-6-11(12)7-9-4-5-10(8-11)13-9/h1,9-10,12H,3-8H2. The van der Waals surface area contributed by atoms with Gasteiger partial charge in [0.1, 0.15) is 0 Å². The van der Waals surface area contributed by atoms with Crippen molar-refractivity contribution in [1.29, 1.82) is 0 Å². The van der Waals surface area contributed by atoms with Gasteiger partial charge in [-0.2, -0.15) is 11.8 Å². The molecule has 2 aliphatic rings. The molecule has 1 N–H and O–H groups in total. The molecule has 2 heteroatoms. The lowest BCUT2D eigenvalue weighted by molar-refractivity contribution is 0.0169. The molecule has 0 aromatic carbocycles. The van der Waals surface area contributed by atoms with Crippen LogP contribution in [0, 0.1) is 12.3 Å². The van der Waals surface area contributed by atoms with Crippen molar-refractivity contribution in [2.75, 3.05) is 0 Å². The van der Waals surface area contributed by atoms with Gasteiger partial charge in [-0.3, -0.25) is 0 Å². The summed E-state index contributed by atoms with van der Waals surface area (Å²) in [5.41, 5.74) is -0.427. The van der Waals surface area contributed by atoms with Crippen molar-refractivity contribution in [3.05, 3.63) is 0 Å². The Morgan fingerprint density at radius 2 is 2.00 bits per heavy atom. The first-order chi connectivity index (χ1) is 6.22. The van der Waals surface area contributed by atoms with E-state index in [1.807, 2.05) is 0 Å². The number of thioether (sulfide) groups is 1. The van der Waals surface area contributed by atoms with Gasteiger partial charge in [-0.15, -0.1) is 12.3 Å². The van der Waals surface area contributed by atoms with Crippen LogP contribution in [0.1, 0.15) is 38.5 Å². The number of hydrogen-bond acceptors (Lipinski definition) is 2. The maximum absolute atomic E-state index is 10.3. The highest BCUT2D eigenvalue weighted by Crippen LogP contribution is 2.48. The van der Waals surface area contributed by atoms with E-state index in [9.17, 15) is 5.11 Å². The highest BCUT2D eigenvalue weighted by molar-refractivity contribution is 8.00. The summed E-state index contributed by atoms with van der Waals surface area (Å²) >= 11 is 2.08. The van der Waals surface area contributed by atoms with Gasteiger partial charge in [0.15, 0.2) is 0 Å². The summed E-state index contributed by atoms with van der Waals surface area (Å²) in [5, 5.41) is 11.7. The second-order valence-electron chi connectivity index (χ2n) is 4.29. The molecule has 2 bridgehead atoms. The van der Waals surface area contributed by atoms with Crippen molar-refractivity contribution in [2.24, 2.45) is 0 Å². The van der Waals surface area contributed by atoms with Crippen LogP contribution >= 0.6 is 11.8 Å². The summed E-state index contributed by atoms with van der Waals surface area (Å²) < 4.78 is 0. The van der Waals surface area contributed by atoms with E-state index in [1.165, 1.54) is 12.8 Å². The Morgan fingerprint density at radius 1 is 1.38 bits per heavy atom. The number of hydrogen-bond donors (Lipinski definition) is 1. The first-order valence-corrected chi connectivity index (χ1v) is 5.97. The molecule has 0 aromatic heterocycles. The van der Waals surface area contributed by atoms with Crippen LogP contribution in [0.5, 0.6) is 0 Å². The normalized spacial score (nSPS) is 43.1. The van der Waals surface area contributed by atoms with Gasteiger partial charge in [0.25, 0.3) is 0 Å². The molecule has 13 heavy (non-hydrogen) atoms. The van der Waals surface area contributed by atoms with Gasteiger partial charge in [0, 0.05) is 16.9 Å². The summed E-state index contributed by atoms with van der Waals surface area (Å²) in [6, 6.07) is 0. The molecular weight excluding hydrogens is 180 g/mol. The average Bonchev–Trinajstić information content (AvgIpc) is 2.43. The molecule has 2 unspecified atom stereocenters. The van der Waals surface area contributed by atoms with Crippen LogP contribution < -0.4 is 0 Å². The molecule has 0 radical (unpaired) electrons. The number of fused-ring (bicyclic) bond motifs is 2. The molecule has 0 saturated carbocycles. The minimum atomic E-state index is -0.427. The van der Waals surface area contributed by atoms with Gasteiger partial charge in [0.2, 0.25) is 0 Å². The predicted molar refractivity (Wildman–Crippen MR) is 56.7 cm³/mol. The second-order valence-corrected chi connectivity index (χ2v) is 5.90. The fraction of sp³-hybridized carbons (Fsp3) is 0.818. The Bertz CT molecular complexity index is 219. The maximum atomic E-state index is 10.3. The summed E-state index contributed by atoms with van der Waals surface area (Å²) in [4.78, 5) is 0. The lowest BCUT2D eigenvalue weighted by Crippen LogP contribution is -2.36. The van der Waals surface area contributed by atoms with E-state index in [0.717, 1.165) is 25.7 Å². The summed E-state index contributed by atoms with van der Waals surface area (Å²) in [6.07, 6.45) is 11.3. The van der Waals surface area contributed by atoms with Crippen LogP contribution in [0.2, 0.25) is 0 Å². The van der Waals surface area contributed by atoms with Gasteiger partial charge in [0.05, 0.1) is 5.60 Å². The summed E-state index contributed by atoms with van der Waals surface area (Å²) in [6.45, 7) is 0. The van der Waals surface area contributed by atoms with Crippen molar-refractivity contribution >= 4 is 11.8 Å². The van der Waals surface area contributed by atoms with Crippen LogP contribution in [0.4, 0.5) is 0 Å². The fourth-order valence-electron chi connectivity index (χ4n) is 2.52. The molecule has 0 aromatic rings. The molecule has 72 valence electrons. The summed E-state index contributed by atoms with van der Waals surface area (Å²) in [7, 11) is 0. The van der Waals surface area contributed by atoms with E-state index in [2.05, 4.69) is 17.7 Å². The van der Waals surface area contributed by atoms with E-state index in [1.54, 1.807) is 0 Å². The van der Waals surface area contributed by atoms with Crippen molar-refractivity contribution in [2.45, 2.75) is 54.6 Å². The topological polar surface area (TPSA) is 20.2 Å². The molecule has 0 spiro atoms. The number of aliphatic hydroxyl groups is 1. The highest BCUT2D eigenvalue weighted by Gasteiger charge is 2.42. The van der Waals surface area contributed by atoms with E-state index in [4.69, 9.17) is 6.42 Å². The first kappa shape index (κ1) is 9.43. The molecule has 2 fully saturated rings. The highest BCUT2D eigenvalue weighted by atomic mass is 32.2. The lowest BCUT2D eigenvalue weighted by atomic mass is 9.89. The Hall–Kier alpha value is -0.130. The maximum Gasteiger partial charge on any atom is 0.0678 e. The smallest absolute Gasteiger partial charge is 0.0678 e. The molecule has 2 atom stereocenters. The number of terminal acetylenes is 1. The molecule has 2 saturated heterocycles. The Labute approximate surface area is 84.3 Å². The minimum Gasteiger partial charge on any atom is -0.390 e. The van der Waals surface area contributed by atoms with E-state index in [0.29, 0.717) is 10.5 Å². The molecular formula is C11H16OS. The predicted octanol–water partition coefficient (Wildman–Crippen LogP) is 2.19. The molecule has 2 aliphatic heterocycles. The zero-order valence-corrected chi connectivity index (χ0v) is 8.65. The number of rotatable bonds is 2. The molecule has 0 amide bonds. The van der Waals surface area contributed by atoms with Crippen molar-refractivity contribution in [1.82, 2.24) is 0 Å². The van der Waals surface area contributed by atoms with Gasteiger partial charge in [-0.1, -0.05) is 0 Å². The van der Waals surface area contributed by atoms with Crippen LogP contribution in [-0.4, -0.2) is 21.2 Å². The fourth-order valence-corrected chi connectivity index (χ4v) is 4.42. The zero-order chi connectivity index (χ0) is 9.31. The van der Waals surface area contributed by atoms with Gasteiger partial charge < -0.3 is 5.11 Å². The Morgan fingerprint density at radius 3 is 2.54 bits per heavy atom. The van der Waals surface area contributed by atoms with Crippen LogP contribution in [-0.2, 0) is 0 Å². The SMILES string of the molecule is C#CCCC1(O)CC2CCC(C1)S2. The molecule has 2 rings (SSSR count). The third-order valence-electron chi connectivity index (χ3n) is 3.15.